The van der Waals surface area contributed by atoms with Crippen molar-refractivity contribution < 1.29 is 19.1 Å². The summed E-state index contributed by atoms with van der Waals surface area (Å²) in [5.41, 5.74) is 0. The number of carbonyl (C=O) groups excluding carboxylic acids is 3. The molecule has 0 aromatic rings. The number of nitriles is 1. The van der Waals surface area contributed by atoms with Crippen molar-refractivity contribution in [2.24, 2.45) is 5.92 Å². The number of nitrogens with zero attached hydrogens (tertiary/aromatic N) is 1. The van der Waals surface area contributed by atoms with Gasteiger partial charge < -0.3 is 4.74 Å². The van der Waals surface area contributed by atoms with Crippen molar-refractivity contribution in [1.29, 1.82) is 5.26 Å². The lowest BCUT2D eigenvalue weighted by molar-refractivity contribution is -0.154. The highest BCUT2D eigenvalue weighted by Crippen LogP contribution is 2.04. The fourth-order valence-corrected chi connectivity index (χ4v) is 1.03. The second-order valence-electron chi connectivity index (χ2n) is 3.08. The van der Waals surface area contributed by atoms with Crippen molar-refractivity contribution in [2.75, 3.05) is 6.61 Å². The molecule has 82 valence electrons. The molecule has 0 saturated carbocycles. The van der Waals surface area contributed by atoms with Gasteiger partial charge in [-0.15, -0.1) is 0 Å². The second kappa shape index (κ2) is 6.71. The highest BCUT2D eigenvalue weighted by atomic mass is 16.5. The molecule has 0 N–H and O–H groups in total. The van der Waals surface area contributed by atoms with Gasteiger partial charge in [-0.3, -0.25) is 14.4 Å². The second-order valence-corrected chi connectivity index (χ2v) is 3.08. The molecule has 0 heterocycles. The van der Waals surface area contributed by atoms with Crippen LogP contribution in [0, 0.1) is 17.2 Å². The number of ketones is 2. The Hall–Kier alpha value is -1.70. The number of rotatable bonds is 6. The number of Topliss-reactive ketones (excluding diaryl/α,β-unsaturated/α-hetero) is 2. The molecule has 5 heteroatoms. The molecule has 0 fully saturated rings. The maximum atomic E-state index is 11.2. The summed E-state index contributed by atoms with van der Waals surface area (Å²) in [6.07, 6.45) is 0.683. The molecular formula is C10H13NO4. The minimum absolute atomic E-state index is 0.0590. The maximum Gasteiger partial charge on any atom is 0.324 e. The molecule has 0 aliphatic carbocycles. The van der Waals surface area contributed by atoms with Crippen molar-refractivity contribution >= 4 is 17.5 Å². The first kappa shape index (κ1) is 13.3. The van der Waals surface area contributed by atoms with E-state index in [1.54, 1.807) is 0 Å². The van der Waals surface area contributed by atoms with Gasteiger partial charge in [0.15, 0.2) is 17.5 Å². The number of unbranched alkanes of at least 4 members (excludes halogenated alkanes) is 1. The Morgan fingerprint density at radius 2 is 1.80 bits per heavy atom. The van der Waals surface area contributed by atoms with E-state index in [2.05, 4.69) is 0 Å². The van der Waals surface area contributed by atoms with E-state index >= 15 is 0 Å². The third-order valence-corrected chi connectivity index (χ3v) is 1.73. The summed E-state index contributed by atoms with van der Waals surface area (Å²) in [6, 6.07) is 1.89. The molecule has 0 rings (SSSR count). The highest BCUT2D eigenvalue weighted by Gasteiger charge is 2.29. The molecule has 0 amide bonds. The van der Waals surface area contributed by atoms with Crippen LogP contribution in [0.5, 0.6) is 0 Å². The fourth-order valence-electron chi connectivity index (χ4n) is 1.03. The first-order valence-corrected chi connectivity index (χ1v) is 4.55. The number of ether oxygens (including phenoxy) is 1. The summed E-state index contributed by atoms with van der Waals surface area (Å²) in [5, 5.41) is 8.22. The lowest BCUT2D eigenvalue weighted by Gasteiger charge is -2.09. The van der Waals surface area contributed by atoms with Gasteiger partial charge in [-0.05, 0) is 20.3 Å². The number of hydrogen-bond donors (Lipinski definition) is 0. The topological polar surface area (TPSA) is 84.2 Å². The fraction of sp³-hybridized carbons (Fsp3) is 0.600. The van der Waals surface area contributed by atoms with Crippen LogP contribution in [0.25, 0.3) is 0 Å². The molecule has 0 spiro atoms. The Balaban J connectivity index is 4.12. The van der Waals surface area contributed by atoms with Gasteiger partial charge in [0, 0.05) is 6.42 Å². The van der Waals surface area contributed by atoms with Gasteiger partial charge in [-0.2, -0.15) is 5.26 Å². The van der Waals surface area contributed by atoms with Crippen LogP contribution in [-0.4, -0.2) is 24.1 Å². The number of hydrogen-bond acceptors (Lipinski definition) is 5. The average molecular weight is 211 g/mol. The highest BCUT2D eigenvalue weighted by molar-refractivity contribution is 6.15. The van der Waals surface area contributed by atoms with Crippen LogP contribution in [0.4, 0.5) is 0 Å². The Labute approximate surface area is 88.0 Å². The monoisotopic (exact) mass is 211 g/mol. The third kappa shape index (κ3) is 4.91. The molecular weight excluding hydrogens is 198 g/mol. The van der Waals surface area contributed by atoms with Crippen molar-refractivity contribution in [3.05, 3.63) is 0 Å². The van der Waals surface area contributed by atoms with Crippen LogP contribution in [0.15, 0.2) is 0 Å². The van der Waals surface area contributed by atoms with Crippen molar-refractivity contribution in [3.8, 4) is 6.07 Å². The van der Waals surface area contributed by atoms with Crippen molar-refractivity contribution in [3.63, 3.8) is 0 Å². The molecule has 0 aromatic carbocycles. The maximum absolute atomic E-state index is 11.2. The third-order valence-electron chi connectivity index (χ3n) is 1.73. The van der Waals surface area contributed by atoms with E-state index in [4.69, 9.17) is 10.00 Å². The molecule has 0 radical (unpaired) electrons. The zero-order valence-electron chi connectivity index (χ0n) is 8.78. The predicted octanol–water partition coefficient (Wildman–Crippen LogP) is 0.628. The smallest absolute Gasteiger partial charge is 0.324 e. The molecule has 15 heavy (non-hydrogen) atoms. The summed E-state index contributed by atoms with van der Waals surface area (Å²) < 4.78 is 4.70. The van der Waals surface area contributed by atoms with Crippen LogP contribution >= 0.6 is 0 Å². The number of carbonyl (C=O) groups is 3. The van der Waals surface area contributed by atoms with Crippen LogP contribution < -0.4 is 0 Å². The Morgan fingerprint density at radius 3 is 2.20 bits per heavy atom. The first-order valence-electron chi connectivity index (χ1n) is 4.55. The van der Waals surface area contributed by atoms with Gasteiger partial charge >= 0.3 is 5.97 Å². The summed E-state index contributed by atoms with van der Waals surface area (Å²) in [5.74, 6) is -3.18. The molecule has 0 bridgehead atoms. The summed E-state index contributed by atoms with van der Waals surface area (Å²) >= 11 is 0. The standard InChI is InChI=1S/C10H13NO4/c1-7(12)9(8(2)13)10(14)15-6-4-3-5-11/h9H,3-4,6H2,1-2H3. The zero-order valence-corrected chi connectivity index (χ0v) is 8.78. The van der Waals surface area contributed by atoms with Crippen molar-refractivity contribution in [2.45, 2.75) is 26.7 Å². The molecule has 0 unspecified atom stereocenters. The first-order chi connectivity index (χ1) is 7.00. The average Bonchev–Trinajstić information content (AvgIpc) is 2.11. The van der Waals surface area contributed by atoms with Crippen LogP contribution in [0.2, 0.25) is 0 Å². The molecule has 0 aliphatic rings. The summed E-state index contributed by atoms with van der Waals surface area (Å²) in [4.78, 5) is 33.1. The molecule has 0 aliphatic heterocycles. The van der Waals surface area contributed by atoms with Gasteiger partial charge in [-0.1, -0.05) is 0 Å². The van der Waals surface area contributed by atoms with Gasteiger partial charge in [0.05, 0.1) is 12.7 Å². The van der Waals surface area contributed by atoms with E-state index < -0.39 is 23.5 Å². The minimum atomic E-state index is -1.31. The van der Waals surface area contributed by atoms with Crippen molar-refractivity contribution in [1.82, 2.24) is 0 Å². The number of esters is 1. The molecule has 0 atom stereocenters. The van der Waals surface area contributed by atoms with E-state index in [-0.39, 0.29) is 13.0 Å². The van der Waals surface area contributed by atoms with E-state index in [9.17, 15) is 14.4 Å². The lowest BCUT2D eigenvalue weighted by atomic mass is 10.0. The SMILES string of the molecule is CC(=O)C(C(C)=O)C(=O)OCCCC#N. The summed E-state index contributed by atoms with van der Waals surface area (Å²) in [7, 11) is 0. The largest absolute Gasteiger partial charge is 0.465 e. The van der Waals surface area contributed by atoms with Crippen LogP contribution in [0.3, 0.4) is 0 Å². The quantitative estimate of drug-likeness (QED) is 0.365. The van der Waals surface area contributed by atoms with Gasteiger partial charge in [0.2, 0.25) is 0 Å². The van der Waals surface area contributed by atoms with Gasteiger partial charge in [0.1, 0.15) is 0 Å². The zero-order chi connectivity index (χ0) is 11.8. The Morgan fingerprint density at radius 1 is 1.27 bits per heavy atom. The normalized spacial score (nSPS) is 9.47. The predicted molar refractivity (Wildman–Crippen MR) is 50.7 cm³/mol. The summed E-state index contributed by atoms with van der Waals surface area (Å²) in [6.45, 7) is 2.40. The van der Waals surface area contributed by atoms with Crippen LogP contribution in [-0.2, 0) is 19.1 Å². The molecule has 5 nitrogen and oxygen atoms in total. The minimum Gasteiger partial charge on any atom is -0.465 e. The Bertz CT molecular complexity index is 289. The van der Waals surface area contributed by atoms with Gasteiger partial charge in [0.25, 0.3) is 0 Å². The van der Waals surface area contributed by atoms with E-state index in [1.165, 1.54) is 13.8 Å². The Kier molecular flexibility index (Phi) is 5.95. The van der Waals surface area contributed by atoms with Gasteiger partial charge in [-0.25, -0.2) is 0 Å². The van der Waals surface area contributed by atoms with E-state index in [0.717, 1.165) is 0 Å². The van der Waals surface area contributed by atoms with E-state index in [1.807, 2.05) is 6.07 Å². The lowest BCUT2D eigenvalue weighted by Crippen LogP contribution is -2.30. The molecule has 0 saturated heterocycles. The van der Waals surface area contributed by atoms with E-state index in [0.29, 0.717) is 6.42 Å². The van der Waals surface area contributed by atoms with Crippen LogP contribution in [0.1, 0.15) is 26.7 Å². The molecule has 0 aromatic heterocycles.